The molecule has 0 aliphatic rings. The van der Waals surface area contributed by atoms with Gasteiger partial charge < -0.3 is 0 Å². The van der Waals surface area contributed by atoms with Crippen LogP contribution in [0.2, 0.25) is 5.02 Å². The summed E-state index contributed by atoms with van der Waals surface area (Å²) in [5, 5.41) is 3.84. The van der Waals surface area contributed by atoms with Gasteiger partial charge in [0, 0.05) is 17.1 Å². The molecule has 0 spiro atoms. The van der Waals surface area contributed by atoms with Crippen LogP contribution in [-0.4, -0.2) is 14.8 Å². The van der Waals surface area contributed by atoms with Gasteiger partial charge in [-0.2, -0.15) is 4.98 Å². The molecule has 2 aromatic rings. The highest BCUT2D eigenvalue weighted by Crippen LogP contribution is 2.17. The van der Waals surface area contributed by atoms with Crippen LogP contribution < -0.4 is 0 Å². The lowest BCUT2D eigenvalue weighted by molar-refractivity contribution is 0.650. The fourth-order valence-electron chi connectivity index (χ4n) is 1.31. The number of H-pyrrole nitrogens is 1. The van der Waals surface area contributed by atoms with Crippen LogP contribution in [0.1, 0.15) is 6.92 Å². The summed E-state index contributed by atoms with van der Waals surface area (Å²) in [6.07, 6.45) is 0. The maximum Gasteiger partial charge on any atom is 0.216 e. The van der Waals surface area contributed by atoms with Gasteiger partial charge in [-0.05, 0) is 43.4 Å². The largest absolute Gasteiger partial charge is 0.279 e. The van der Waals surface area contributed by atoms with Crippen LogP contribution in [0.4, 0.5) is 0 Å². The highest BCUT2D eigenvalue weighted by molar-refractivity contribution is 7.71. The second-order valence-electron chi connectivity index (χ2n) is 3.11. The fraction of sp³-hybridized carbons (Fsp3) is 0.200. The van der Waals surface area contributed by atoms with Gasteiger partial charge in [0.25, 0.3) is 0 Å². The molecule has 1 aromatic carbocycles. The van der Waals surface area contributed by atoms with E-state index in [0.717, 1.165) is 17.9 Å². The first-order valence-corrected chi connectivity index (χ1v) is 5.42. The van der Waals surface area contributed by atoms with Gasteiger partial charge in [0.15, 0.2) is 5.82 Å². The second-order valence-corrected chi connectivity index (χ2v) is 3.91. The molecule has 0 saturated carbocycles. The Labute approximate surface area is 97.7 Å². The molecule has 5 heteroatoms. The third-order valence-corrected chi connectivity index (χ3v) is 2.68. The summed E-state index contributed by atoms with van der Waals surface area (Å²) in [6, 6.07) is 7.49. The number of halogens is 1. The summed E-state index contributed by atoms with van der Waals surface area (Å²) < 4.78 is 2.39. The Morgan fingerprint density at radius 1 is 1.40 bits per heavy atom. The monoisotopic (exact) mass is 239 g/mol. The minimum atomic E-state index is 0.572. The lowest BCUT2D eigenvalue weighted by Gasteiger charge is -1.97. The van der Waals surface area contributed by atoms with Gasteiger partial charge in [0.2, 0.25) is 4.77 Å². The van der Waals surface area contributed by atoms with Crippen LogP contribution in [0.5, 0.6) is 0 Å². The summed E-state index contributed by atoms with van der Waals surface area (Å²) in [7, 11) is 0. The van der Waals surface area contributed by atoms with E-state index in [2.05, 4.69) is 10.1 Å². The minimum Gasteiger partial charge on any atom is -0.279 e. The topological polar surface area (TPSA) is 33.6 Å². The van der Waals surface area contributed by atoms with Crippen molar-refractivity contribution < 1.29 is 0 Å². The van der Waals surface area contributed by atoms with Gasteiger partial charge in [0.05, 0.1) is 0 Å². The molecule has 0 radical (unpaired) electrons. The average Bonchev–Trinajstić information content (AvgIpc) is 2.61. The molecular formula is C10H10ClN3S. The van der Waals surface area contributed by atoms with Gasteiger partial charge in [-0.15, -0.1) is 0 Å². The van der Waals surface area contributed by atoms with Crippen molar-refractivity contribution in [3.05, 3.63) is 34.1 Å². The first-order valence-electron chi connectivity index (χ1n) is 4.63. The van der Waals surface area contributed by atoms with E-state index in [0.29, 0.717) is 9.79 Å². The van der Waals surface area contributed by atoms with Gasteiger partial charge in [-0.1, -0.05) is 11.6 Å². The number of nitrogens with one attached hydrogen (secondary N) is 1. The Hall–Kier alpha value is -1.13. The van der Waals surface area contributed by atoms with Crippen molar-refractivity contribution in [2.75, 3.05) is 0 Å². The fourth-order valence-corrected chi connectivity index (χ4v) is 1.70. The Morgan fingerprint density at radius 2 is 2.07 bits per heavy atom. The molecule has 0 fully saturated rings. The molecule has 78 valence electrons. The Bertz CT molecular complexity index is 512. The normalized spacial score (nSPS) is 10.5. The Balaban J connectivity index is 2.45. The van der Waals surface area contributed by atoms with Crippen LogP contribution in [0, 0.1) is 4.77 Å². The molecule has 0 saturated heterocycles. The predicted octanol–water partition coefficient (Wildman–Crippen LogP) is 3.28. The molecule has 3 nitrogen and oxygen atoms in total. The quantitative estimate of drug-likeness (QED) is 0.816. The zero-order valence-corrected chi connectivity index (χ0v) is 9.77. The van der Waals surface area contributed by atoms with Crippen molar-refractivity contribution in [3.8, 4) is 11.4 Å². The molecule has 1 N–H and O–H groups in total. The van der Waals surface area contributed by atoms with Crippen LogP contribution in [-0.2, 0) is 6.54 Å². The van der Waals surface area contributed by atoms with Crippen molar-refractivity contribution in [3.63, 3.8) is 0 Å². The standard InChI is InChI=1S/C10H10ClN3S/c1-2-14-10(15)12-9(13-14)7-3-5-8(11)6-4-7/h3-6H,2H2,1H3,(H,12,13,15). The smallest absolute Gasteiger partial charge is 0.216 e. The number of aromatic nitrogens is 3. The van der Waals surface area contributed by atoms with E-state index in [4.69, 9.17) is 23.8 Å². The van der Waals surface area contributed by atoms with Gasteiger partial charge >= 0.3 is 0 Å². The molecule has 0 bridgehead atoms. The maximum atomic E-state index is 5.81. The molecule has 0 aliphatic heterocycles. The van der Waals surface area contributed by atoms with E-state index >= 15 is 0 Å². The van der Waals surface area contributed by atoms with E-state index in [1.54, 1.807) is 0 Å². The van der Waals surface area contributed by atoms with Crippen LogP contribution in [0.3, 0.4) is 0 Å². The Kier molecular flexibility index (Phi) is 2.88. The Morgan fingerprint density at radius 3 is 2.60 bits per heavy atom. The lowest BCUT2D eigenvalue weighted by atomic mass is 10.2. The molecule has 15 heavy (non-hydrogen) atoms. The molecule has 1 aromatic heterocycles. The predicted molar refractivity (Wildman–Crippen MR) is 63.5 cm³/mol. The van der Waals surface area contributed by atoms with E-state index in [1.165, 1.54) is 0 Å². The summed E-state index contributed by atoms with van der Waals surface area (Å²) in [4.78, 5) is 4.26. The molecule has 0 amide bonds. The van der Waals surface area contributed by atoms with Gasteiger partial charge in [0.1, 0.15) is 0 Å². The first kappa shape index (κ1) is 10.4. The third kappa shape index (κ3) is 2.11. The second kappa shape index (κ2) is 4.16. The van der Waals surface area contributed by atoms with Crippen LogP contribution >= 0.6 is 23.8 Å². The zero-order valence-electron chi connectivity index (χ0n) is 8.20. The number of aryl methyl sites for hydroxylation is 1. The number of benzene rings is 1. The third-order valence-electron chi connectivity index (χ3n) is 2.11. The van der Waals surface area contributed by atoms with E-state index < -0.39 is 0 Å². The van der Waals surface area contributed by atoms with Crippen molar-refractivity contribution >= 4 is 23.8 Å². The summed E-state index contributed by atoms with van der Waals surface area (Å²) in [5.41, 5.74) is 0.984. The number of aromatic amines is 1. The summed E-state index contributed by atoms with van der Waals surface area (Å²) in [6.45, 7) is 2.80. The van der Waals surface area contributed by atoms with E-state index in [9.17, 15) is 0 Å². The lowest BCUT2D eigenvalue weighted by Crippen LogP contribution is -1.95. The van der Waals surface area contributed by atoms with Crippen molar-refractivity contribution in [1.29, 1.82) is 0 Å². The number of rotatable bonds is 2. The van der Waals surface area contributed by atoms with Crippen LogP contribution in [0.15, 0.2) is 24.3 Å². The van der Waals surface area contributed by atoms with Crippen molar-refractivity contribution in [2.45, 2.75) is 13.5 Å². The number of hydrogen-bond donors (Lipinski definition) is 1. The van der Waals surface area contributed by atoms with Gasteiger partial charge in [-0.3, -0.25) is 9.78 Å². The highest BCUT2D eigenvalue weighted by atomic mass is 35.5. The number of nitrogens with zero attached hydrogens (tertiary/aromatic N) is 2. The highest BCUT2D eigenvalue weighted by Gasteiger charge is 2.03. The van der Waals surface area contributed by atoms with Crippen LogP contribution in [0.25, 0.3) is 11.4 Å². The first-order chi connectivity index (χ1) is 7.20. The molecule has 0 unspecified atom stereocenters. The van der Waals surface area contributed by atoms with E-state index in [-0.39, 0.29) is 0 Å². The average molecular weight is 240 g/mol. The zero-order chi connectivity index (χ0) is 10.8. The molecule has 1 heterocycles. The van der Waals surface area contributed by atoms with Gasteiger partial charge in [-0.25, -0.2) is 0 Å². The minimum absolute atomic E-state index is 0.572. The number of hydrogen-bond acceptors (Lipinski definition) is 2. The molecular weight excluding hydrogens is 230 g/mol. The maximum absolute atomic E-state index is 5.81. The SMILES string of the molecule is CCn1[nH]c(-c2ccc(Cl)cc2)nc1=S. The van der Waals surface area contributed by atoms with Crippen molar-refractivity contribution in [2.24, 2.45) is 0 Å². The van der Waals surface area contributed by atoms with Crippen molar-refractivity contribution in [1.82, 2.24) is 14.8 Å². The molecule has 0 aliphatic carbocycles. The summed E-state index contributed by atoms with van der Waals surface area (Å²) in [5.74, 6) is 0.776. The summed E-state index contributed by atoms with van der Waals surface area (Å²) >= 11 is 10.9. The molecule has 2 rings (SSSR count). The van der Waals surface area contributed by atoms with E-state index in [1.807, 2.05) is 35.9 Å². The molecule has 0 atom stereocenters.